The summed E-state index contributed by atoms with van der Waals surface area (Å²) < 4.78 is 17.2. The standard InChI is InChI=1S/C21H21ClN2O4/c22-16-10-13(11-18-19(16)28-9-8-27-18)20-23-17-6-2-1-5-15(17)21(25)24(20)12-14-4-3-7-26-14/h1-2,5-6,10-11,14,20,23H,3-4,7-9,12H2/t14-,20-/m0/s1. The van der Waals surface area contributed by atoms with Gasteiger partial charge in [-0.05, 0) is 37.1 Å². The summed E-state index contributed by atoms with van der Waals surface area (Å²) in [6, 6.07) is 11.3. The first-order valence-corrected chi connectivity index (χ1v) is 9.95. The lowest BCUT2D eigenvalue weighted by Gasteiger charge is -2.39. The molecule has 5 rings (SSSR count). The van der Waals surface area contributed by atoms with Crippen molar-refractivity contribution in [3.8, 4) is 11.5 Å². The zero-order valence-corrected chi connectivity index (χ0v) is 16.1. The maximum Gasteiger partial charge on any atom is 0.257 e. The Morgan fingerprint density at radius 3 is 2.86 bits per heavy atom. The molecule has 1 saturated heterocycles. The molecule has 0 aliphatic carbocycles. The first kappa shape index (κ1) is 17.6. The smallest absolute Gasteiger partial charge is 0.257 e. The number of fused-ring (bicyclic) bond motifs is 2. The van der Waals surface area contributed by atoms with Gasteiger partial charge in [-0.3, -0.25) is 4.79 Å². The van der Waals surface area contributed by atoms with Gasteiger partial charge in [-0.2, -0.15) is 0 Å². The third kappa shape index (κ3) is 3.06. The second-order valence-electron chi connectivity index (χ2n) is 7.21. The molecule has 146 valence electrons. The largest absolute Gasteiger partial charge is 0.486 e. The Morgan fingerprint density at radius 1 is 1.14 bits per heavy atom. The van der Waals surface area contributed by atoms with Crippen LogP contribution in [0.15, 0.2) is 36.4 Å². The summed E-state index contributed by atoms with van der Waals surface area (Å²) in [4.78, 5) is 15.1. The van der Waals surface area contributed by atoms with E-state index in [0.717, 1.165) is 30.7 Å². The molecule has 0 aromatic heterocycles. The number of nitrogens with one attached hydrogen (secondary N) is 1. The number of anilines is 1. The average Bonchev–Trinajstić information content (AvgIpc) is 3.23. The molecule has 1 amide bonds. The maximum absolute atomic E-state index is 13.3. The van der Waals surface area contributed by atoms with Crippen LogP contribution in [0, 0.1) is 0 Å². The van der Waals surface area contributed by atoms with Gasteiger partial charge in [-0.1, -0.05) is 23.7 Å². The van der Waals surface area contributed by atoms with Crippen molar-refractivity contribution in [1.29, 1.82) is 0 Å². The molecule has 7 heteroatoms. The van der Waals surface area contributed by atoms with Gasteiger partial charge < -0.3 is 24.4 Å². The summed E-state index contributed by atoms with van der Waals surface area (Å²) in [5, 5.41) is 3.98. The molecule has 0 spiro atoms. The van der Waals surface area contributed by atoms with E-state index in [-0.39, 0.29) is 18.2 Å². The highest BCUT2D eigenvalue weighted by Gasteiger charge is 2.36. The van der Waals surface area contributed by atoms with E-state index in [0.29, 0.717) is 41.8 Å². The number of carbonyl (C=O) groups excluding carboxylic acids is 1. The minimum Gasteiger partial charge on any atom is -0.486 e. The van der Waals surface area contributed by atoms with Crippen LogP contribution < -0.4 is 14.8 Å². The van der Waals surface area contributed by atoms with Gasteiger partial charge >= 0.3 is 0 Å². The molecule has 3 aliphatic heterocycles. The van der Waals surface area contributed by atoms with E-state index in [1.165, 1.54) is 0 Å². The van der Waals surface area contributed by atoms with Gasteiger partial charge in [-0.25, -0.2) is 0 Å². The number of para-hydroxylation sites is 1. The Bertz CT molecular complexity index is 913. The third-order valence-electron chi connectivity index (χ3n) is 5.38. The lowest BCUT2D eigenvalue weighted by molar-refractivity contribution is 0.0426. The van der Waals surface area contributed by atoms with Crippen molar-refractivity contribution < 1.29 is 19.0 Å². The van der Waals surface area contributed by atoms with Crippen LogP contribution in [0.2, 0.25) is 5.02 Å². The fourth-order valence-corrected chi connectivity index (χ4v) is 4.31. The molecule has 0 bridgehead atoms. The van der Waals surface area contributed by atoms with E-state index in [9.17, 15) is 4.79 Å². The molecule has 3 heterocycles. The first-order valence-electron chi connectivity index (χ1n) is 9.58. The zero-order valence-electron chi connectivity index (χ0n) is 15.3. The number of carbonyl (C=O) groups is 1. The van der Waals surface area contributed by atoms with Crippen LogP contribution in [0.1, 0.15) is 34.9 Å². The quantitative estimate of drug-likeness (QED) is 0.847. The second-order valence-corrected chi connectivity index (χ2v) is 7.62. The Morgan fingerprint density at radius 2 is 2.00 bits per heavy atom. The van der Waals surface area contributed by atoms with Crippen molar-refractivity contribution in [3.63, 3.8) is 0 Å². The SMILES string of the molecule is O=C1c2ccccc2N[C@H](c2cc(Cl)c3c(c2)OCCO3)N1C[C@@H]1CCCO1. The number of benzene rings is 2. The van der Waals surface area contributed by atoms with Crippen molar-refractivity contribution in [3.05, 3.63) is 52.5 Å². The normalized spacial score (nSPS) is 23.3. The van der Waals surface area contributed by atoms with Crippen LogP contribution in [0.4, 0.5) is 5.69 Å². The fraction of sp³-hybridized carbons (Fsp3) is 0.381. The van der Waals surface area contributed by atoms with Gasteiger partial charge in [0.25, 0.3) is 5.91 Å². The van der Waals surface area contributed by atoms with Crippen LogP contribution in [-0.2, 0) is 4.74 Å². The van der Waals surface area contributed by atoms with Crippen LogP contribution in [-0.4, -0.2) is 43.3 Å². The number of hydrogen-bond acceptors (Lipinski definition) is 5. The van der Waals surface area contributed by atoms with Crippen LogP contribution in [0.25, 0.3) is 0 Å². The fourth-order valence-electron chi connectivity index (χ4n) is 4.04. The molecular formula is C21H21ClN2O4. The predicted octanol–water partition coefficient (Wildman–Crippen LogP) is 3.86. The minimum absolute atomic E-state index is 0.0131. The third-order valence-corrected chi connectivity index (χ3v) is 5.66. The highest BCUT2D eigenvalue weighted by molar-refractivity contribution is 6.32. The van der Waals surface area contributed by atoms with Gasteiger partial charge in [0.2, 0.25) is 0 Å². The predicted molar refractivity (Wildman–Crippen MR) is 105 cm³/mol. The van der Waals surface area contributed by atoms with Crippen molar-refractivity contribution in [1.82, 2.24) is 4.90 Å². The number of hydrogen-bond donors (Lipinski definition) is 1. The van der Waals surface area contributed by atoms with E-state index in [1.54, 1.807) is 0 Å². The Kier molecular flexibility index (Phi) is 4.53. The first-order chi connectivity index (χ1) is 13.7. The van der Waals surface area contributed by atoms with Crippen LogP contribution >= 0.6 is 11.6 Å². The van der Waals surface area contributed by atoms with Crippen LogP contribution in [0.5, 0.6) is 11.5 Å². The molecule has 2 atom stereocenters. The van der Waals surface area contributed by atoms with E-state index < -0.39 is 0 Å². The van der Waals surface area contributed by atoms with Crippen molar-refractivity contribution in [2.75, 3.05) is 31.7 Å². The van der Waals surface area contributed by atoms with Crippen LogP contribution in [0.3, 0.4) is 0 Å². The van der Waals surface area contributed by atoms with Gasteiger partial charge in [0, 0.05) is 24.4 Å². The monoisotopic (exact) mass is 400 g/mol. The summed E-state index contributed by atoms with van der Waals surface area (Å²) in [6.45, 7) is 2.23. The molecule has 1 fully saturated rings. The van der Waals surface area contributed by atoms with Gasteiger partial charge in [0.05, 0.1) is 16.7 Å². The molecule has 1 N–H and O–H groups in total. The van der Waals surface area contributed by atoms with Crippen molar-refractivity contribution >= 4 is 23.2 Å². The molecule has 6 nitrogen and oxygen atoms in total. The molecular weight excluding hydrogens is 380 g/mol. The summed E-state index contributed by atoms with van der Waals surface area (Å²) in [6.07, 6.45) is 1.67. The second kappa shape index (κ2) is 7.18. The summed E-state index contributed by atoms with van der Waals surface area (Å²) >= 11 is 6.46. The minimum atomic E-state index is -0.361. The van der Waals surface area contributed by atoms with Crippen molar-refractivity contribution in [2.24, 2.45) is 0 Å². The Balaban J connectivity index is 1.55. The summed E-state index contributed by atoms with van der Waals surface area (Å²) in [5.41, 5.74) is 2.34. The lowest BCUT2D eigenvalue weighted by Crippen LogP contribution is -2.46. The zero-order chi connectivity index (χ0) is 19.1. The molecule has 28 heavy (non-hydrogen) atoms. The van der Waals surface area contributed by atoms with E-state index in [4.69, 9.17) is 25.8 Å². The summed E-state index contributed by atoms with van der Waals surface area (Å²) in [7, 11) is 0. The topological polar surface area (TPSA) is 60.0 Å². The number of ether oxygens (including phenoxy) is 3. The van der Waals surface area contributed by atoms with E-state index >= 15 is 0 Å². The van der Waals surface area contributed by atoms with E-state index in [1.807, 2.05) is 41.3 Å². The molecule has 0 radical (unpaired) electrons. The van der Waals surface area contributed by atoms with Crippen molar-refractivity contribution in [2.45, 2.75) is 25.1 Å². The maximum atomic E-state index is 13.3. The van der Waals surface area contributed by atoms with Gasteiger partial charge in [0.15, 0.2) is 11.5 Å². The van der Waals surface area contributed by atoms with Gasteiger partial charge in [-0.15, -0.1) is 0 Å². The summed E-state index contributed by atoms with van der Waals surface area (Å²) in [5.74, 6) is 1.16. The Hall–Kier alpha value is -2.44. The molecule has 3 aliphatic rings. The highest BCUT2D eigenvalue weighted by atomic mass is 35.5. The average molecular weight is 401 g/mol. The molecule has 2 aromatic carbocycles. The molecule has 2 aromatic rings. The number of rotatable bonds is 3. The molecule has 0 unspecified atom stereocenters. The van der Waals surface area contributed by atoms with Gasteiger partial charge in [0.1, 0.15) is 19.4 Å². The Labute approximate surface area is 168 Å². The highest BCUT2D eigenvalue weighted by Crippen LogP contribution is 2.42. The van der Waals surface area contributed by atoms with E-state index in [2.05, 4.69) is 5.32 Å². The molecule has 0 saturated carbocycles. The number of amides is 1. The number of nitrogens with zero attached hydrogens (tertiary/aromatic N) is 1. The number of halogens is 1. The lowest BCUT2D eigenvalue weighted by atomic mass is 10.0.